The molecular formula is C15H23NO4S. The Kier molecular flexibility index (Phi) is 4.76. The van der Waals surface area contributed by atoms with Gasteiger partial charge in [-0.3, -0.25) is 0 Å². The third kappa shape index (κ3) is 3.87. The molecule has 1 heterocycles. The van der Waals surface area contributed by atoms with Crippen molar-refractivity contribution in [2.24, 2.45) is 0 Å². The van der Waals surface area contributed by atoms with Crippen LogP contribution in [0.1, 0.15) is 56.1 Å². The number of carbonyl (C=O) groups is 1. The van der Waals surface area contributed by atoms with Crippen LogP contribution in [-0.4, -0.2) is 36.6 Å². The molecule has 0 radical (unpaired) electrons. The molecule has 0 aromatic carbocycles. The zero-order valence-corrected chi connectivity index (χ0v) is 13.6. The minimum absolute atomic E-state index is 0.178. The Balaban J connectivity index is 2.04. The van der Waals surface area contributed by atoms with E-state index in [1.807, 2.05) is 30.7 Å². The van der Waals surface area contributed by atoms with Crippen LogP contribution in [0.25, 0.3) is 0 Å². The summed E-state index contributed by atoms with van der Waals surface area (Å²) in [5.74, 6) is -0.368. The summed E-state index contributed by atoms with van der Waals surface area (Å²) in [5.41, 5.74) is 0.520. The zero-order chi connectivity index (χ0) is 15.6. The van der Waals surface area contributed by atoms with E-state index in [0.717, 1.165) is 12.8 Å². The SMILES string of the molecule is CC(C)n1cccc1C(=O)O[C@H]1CCC[C@H](S(C)(=O)=O)C1. The van der Waals surface area contributed by atoms with Gasteiger partial charge < -0.3 is 9.30 Å². The summed E-state index contributed by atoms with van der Waals surface area (Å²) in [6.45, 7) is 3.99. The average Bonchev–Trinajstić information content (AvgIpc) is 2.87. The summed E-state index contributed by atoms with van der Waals surface area (Å²) < 4.78 is 30.7. The van der Waals surface area contributed by atoms with Gasteiger partial charge in [0.1, 0.15) is 21.6 Å². The third-order valence-corrected chi connectivity index (χ3v) is 5.64. The first-order valence-corrected chi connectivity index (χ1v) is 9.31. The van der Waals surface area contributed by atoms with E-state index < -0.39 is 9.84 Å². The molecule has 6 heteroatoms. The van der Waals surface area contributed by atoms with Crippen LogP contribution < -0.4 is 0 Å². The second-order valence-electron chi connectivity index (χ2n) is 6.04. The van der Waals surface area contributed by atoms with E-state index in [4.69, 9.17) is 4.74 Å². The smallest absolute Gasteiger partial charge is 0.355 e. The molecule has 1 aliphatic carbocycles. The normalized spacial score (nSPS) is 23.2. The molecule has 0 saturated heterocycles. The van der Waals surface area contributed by atoms with Crippen LogP contribution in [0.5, 0.6) is 0 Å². The highest BCUT2D eigenvalue weighted by atomic mass is 32.2. The first kappa shape index (κ1) is 16.1. The Bertz CT molecular complexity index is 603. The third-order valence-electron chi connectivity index (χ3n) is 4.00. The first-order valence-electron chi connectivity index (χ1n) is 7.35. The van der Waals surface area contributed by atoms with Gasteiger partial charge in [0.05, 0.1) is 5.25 Å². The van der Waals surface area contributed by atoms with Crippen molar-refractivity contribution in [2.45, 2.75) is 56.9 Å². The molecule has 21 heavy (non-hydrogen) atoms. The van der Waals surface area contributed by atoms with E-state index in [1.165, 1.54) is 6.26 Å². The number of nitrogens with zero attached hydrogens (tertiary/aromatic N) is 1. The molecule has 1 aromatic heterocycles. The van der Waals surface area contributed by atoms with Crippen molar-refractivity contribution in [3.63, 3.8) is 0 Å². The molecule has 1 aromatic rings. The predicted molar refractivity (Wildman–Crippen MR) is 81.1 cm³/mol. The molecule has 0 unspecified atom stereocenters. The fourth-order valence-corrected chi connectivity index (χ4v) is 3.99. The molecule has 2 rings (SSSR count). The van der Waals surface area contributed by atoms with Gasteiger partial charge in [-0.2, -0.15) is 0 Å². The summed E-state index contributed by atoms with van der Waals surface area (Å²) in [5, 5.41) is -0.388. The van der Waals surface area contributed by atoms with Crippen molar-refractivity contribution in [1.82, 2.24) is 4.57 Å². The molecule has 1 fully saturated rings. The van der Waals surface area contributed by atoms with E-state index in [-0.39, 0.29) is 23.4 Å². The van der Waals surface area contributed by atoms with Gasteiger partial charge in [-0.05, 0) is 45.2 Å². The number of carbonyl (C=O) groups excluding carboxylic acids is 1. The largest absolute Gasteiger partial charge is 0.458 e. The number of ether oxygens (including phenoxy) is 1. The van der Waals surface area contributed by atoms with Crippen LogP contribution in [0, 0.1) is 0 Å². The highest BCUT2D eigenvalue weighted by molar-refractivity contribution is 7.91. The summed E-state index contributed by atoms with van der Waals surface area (Å²) in [4.78, 5) is 12.3. The maximum atomic E-state index is 12.3. The maximum absolute atomic E-state index is 12.3. The lowest BCUT2D eigenvalue weighted by atomic mass is 9.97. The van der Waals surface area contributed by atoms with Gasteiger partial charge >= 0.3 is 5.97 Å². The average molecular weight is 313 g/mol. The second kappa shape index (κ2) is 6.22. The number of sulfone groups is 1. The molecule has 0 aliphatic heterocycles. The number of rotatable bonds is 4. The highest BCUT2D eigenvalue weighted by Crippen LogP contribution is 2.26. The van der Waals surface area contributed by atoms with Gasteiger partial charge in [0, 0.05) is 24.9 Å². The summed E-state index contributed by atoms with van der Waals surface area (Å²) in [6, 6.07) is 3.73. The highest BCUT2D eigenvalue weighted by Gasteiger charge is 2.31. The fraction of sp³-hybridized carbons (Fsp3) is 0.667. The predicted octanol–water partition coefficient (Wildman–Crippen LogP) is 2.58. The zero-order valence-electron chi connectivity index (χ0n) is 12.8. The van der Waals surface area contributed by atoms with Gasteiger partial charge in [-0.1, -0.05) is 0 Å². The van der Waals surface area contributed by atoms with Gasteiger partial charge in [0.25, 0.3) is 0 Å². The topological polar surface area (TPSA) is 65.4 Å². The Morgan fingerprint density at radius 1 is 1.38 bits per heavy atom. The first-order chi connectivity index (χ1) is 9.79. The molecule has 118 valence electrons. The van der Waals surface area contributed by atoms with Crippen molar-refractivity contribution >= 4 is 15.8 Å². The Labute approximate surface area is 126 Å². The molecule has 0 amide bonds. The Morgan fingerprint density at radius 3 is 2.71 bits per heavy atom. The minimum Gasteiger partial charge on any atom is -0.458 e. The lowest BCUT2D eigenvalue weighted by Crippen LogP contribution is -2.33. The maximum Gasteiger partial charge on any atom is 0.355 e. The van der Waals surface area contributed by atoms with Crippen molar-refractivity contribution in [2.75, 3.05) is 6.26 Å². The Morgan fingerprint density at radius 2 is 2.10 bits per heavy atom. The number of hydrogen-bond donors (Lipinski definition) is 0. The van der Waals surface area contributed by atoms with Gasteiger partial charge in [-0.25, -0.2) is 13.2 Å². The minimum atomic E-state index is -3.07. The molecule has 2 atom stereocenters. The monoisotopic (exact) mass is 313 g/mol. The van der Waals surface area contributed by atoms with Crippen molar-refractivity contribution in [1.29, 1.82) is 0 Å². The van der Waals surface area contributed by atoms with E-state index in [2.05, 4.69) is 0 Å². The van der Waals surface area contributed by atoms with Crippen LogP contribution in [0.3, 0.4) is 0 Å². The van der Waals surface area contributed by atoms with Crippen LogP contribution >= 0.6 is 0 Å². The lowest BCUT2D eigenvalue weighted by molar-refractivity contribution is 0.0201. The number of aromatic nitrogens is 1. The van der Waals surface area contributed by atoms with E-state index >= 15 is 0 Å². The molecule has 5 nitrogen and oxygen atoms in total. The van der Waals surface area contributed by atoms with Crippen LogP contribution in [0.2, 0.25) is 0 Å². The van der Waals surface area contributed by atoms with Crippen molar-refractivity contribution in [3.05, 3.63) is 24.0 Å². The molecule has 0 spiro atoms. The van der Waals surface area contributed by atoms with Crippen LogP contribution in [0.15, 0.2) is 18.3 Å². The van der Waals surface area contributed by atoms with Gasteiger partial charge in [0.15, 0.2) is 0 Å². The molecule has 0 N–H and O–H groups in total. The molecule has 1 aliphatic rings. The van der Waals surface area contributed by atoms with Crippen molar-refractivity contribution in [3.8, 4) is 0 Å². The standard InChI is InChI=1S/C15H23NO4S/c1-11(2)16-9-5-8-14(16)15(17)20-12-6-4-7-13(10-12)21(3,18)19/h5,8-9,11-13H,4,6-7,10H2,1-3H3/t12-,13-/m0/s1. The van der Waals surface area contributed by atoms with Crippen LogP contribution in [0.4, 0.5) is 0 Å². The number of hydrogen-bond acceptors (Lipinski definition) is 4. The van der Waals surface area contributed by atoms with Crippen molar-refractivity contribution < 1.29 is 17.9 Å². The number of esters is 1. The van der Waals surface area contributed by atoms with Gasteiger partial charge in [0.2, 0.25) is 0 Å². The summed E-state index contributed by atoms with van der Waals surface area (Å²) >= 11 is 0. The summed E-state index contributed by atoms with van der Waals surface area (Å²) in [7, 11) is -3.07. The Hall–Kier alpha value is -1.30. The van der Waals surface area contributed by atoms with Gasteiger partial charge in [-0.15, -0.1) is 0 Å². The fourth-order valence-electron chi connectivity index (χ4n) is 2.83. The van der Waals surface area contributed by atoms with E-state index in [1.54, 1.807) is 6.07 Å². The molecular weight excluding hydrogens is 290 g/mol. The molecule has 1 saturated carbocycles. The quantitative estimate of drug-likeness (QED) is 0.801. The lowest BCUT2D eigenvalue weighted by Gasteiger charge is -2.28. The summed E-state index contributed by atoms with van der Waals surface area (Å²) in [6.07, 6.45) is 5.39. The van der Waals surface area contributed by atoms with Crippen LogP contribution in [-0.2, 0) is 14.6 Å². The molecule has 0 bridgehead atoms. The second-order valence-corrected chi connectivity index (χ2v) is 8.37. The van der Waals surface area contributed by atoms with E-state index in [0.29, 0.717) is 18.5 Å². The van der Waals surface area contributed by atoms with E-state index in [9.17, 15) is 13.2 Å².